The van der Waals surface area contributed by atoms with E-state index >= 15 is 0 Å². The van der Waals surface area contributed by atoms with Gasteiger partial charge in [-0.3, -0.25) is 0 Å². The van der Waals surface area contributed by atoms with Crippen LogP contribution in [0.25, 0.3) is 5.52 Å². The van der Waals surface area contributed by atoms with Crippen molar-refractivity contribution in [1.82, 2.24) is 14.6 Å². The Hall–Kier alpha value is -0.890. The first-order valence-corrected chi connectivity index (χ1v) is 10.9. The second-order valence-electron chi connectivity index (χ2n) is 8.07. The van der Waals surface area contributed by atoms with E-state index in [0.717, 1.165) is 28.5 Å². The molecular weight excluding hydrogens is 493 g/mol. The number of aromatic nitrogens is 3. The predicted octanol–water partition coefficient (Wildman–Crippen LogP) is 1.94. The minimum Gasteiger partial charge on any atom is -0.359 e. The molecule has 158 valence electrons. The second kappa shape index (κ2) is 7.36. The fourth-order valence-corrected chi connectivity index (χ4v) is 4.82. The molecule has 0 amide bonds. The first kappa shape index (κ1) is 20.0. The van der Waals surface area contributed by atoms with Crippen LogP contribution < -0.4 is 0 Å². The molecule has 5 atom stereocenters. The fraction of sp³-hybridized carbons (Fsp3) is 0.684. The van der Waals surface area contributed by atoms with E-state index < -0.39 is 29.9 Å². The van der Waals surface area contributed by atoms with Crippen LogP contribution in [0.2, 0.25) is 0 Å². The first-order chi connectivity index (χ1) is 13.9. The van der Waals surface area contributed by atoms with Crippen molar-refractivity contribution in [2.75, 3.05) is 13.2 Å². The Morgan fingerprint density at radius 1 is 1.28 bits per heavy atom. The maximum Gasteiger partial charge on any atom is 0.240 e. The summed E-state index contributed by atoms with van der Waals surface area (Å²) in [4.78, 5) is 4.20. The molecular formula is C19H24IN3O6. The van der Waals surface area contributed by atoms with E-state index in [9.17, 15) is 5.11 Å². The maximum absolute atomic E-state index is 11.7. The Morgan fingerprint density at radius 3 is 2.93 bits per heavy atom. The Kier molecular flexibility index (Phi) is 5.09. The Bertz CT molecular complexity index is 901. The molecule has 3 aliphatic heterocycles. The molecule has 0 radical (unpaired) electrons. The van der Waals surface area contributed by atoms with Gasteiger partial charge < -0.3 is 28.8 Å². The van der Waals surface area contributed by atoms with Crippen LogP contribution in [0.5, 0.6) is 0 Å². The number of nitrogens with zero attached hydrogens (tertiary/aromatic N) is 3. The zero-order chi connectivity index (χ0) is 20.2. The lowest BCUT2D eigenvalue weighted by atomic mass is 10.0. The van der Waals surface area contributed by atoms with Gasteiger partial charge in [-0.25, -0.2) is 9.50 Å². The minimum absolute atomic E-state index is 0.239. The molecule has 29 heavy (non-hydrogen) atoms. The van der Waals surface area contributed by atoms with E-state index in [1.165, 1.54) is 6.33 Å². The van der Waals surface area contributed by atoms with Gasteiger partial charge in [0.2, 0.25) is 5.79 Å². The maximum atomic E-state index is 11.7. The van der Waals surface area contributed by atoms with Gasteiger partial charge in [0.1, 0.15) is 34.0 Å². The number of aliphatic hydroxyl groups is 1. The molecule has 3 aliphatic rings. The minimum atomic E-state index is -1.73. The van der Waals surface area contributed by atoms with Crippen molar-refractivity contribution in [2.24, 2.45) is 0 Å². The molecule has 0 bridgehead atoms. The highest BCUT2D eigenvalue weighted by atomic mass is 127. The number of fused-ring (bicyclic) bond motifs is 2. The summed E-state index contributed by atoms with van der Waals surface area (Å²) in [6, 6.07) is 3.64. The predicted molar refractivity (Wildman–Crippen MR) is 108 cm³/mol. The summed E-state index contributed by atoms with van der Waals surface area (Å²) in [5.41, 5.74) is 1.26. The number of halogens is 1. The SMILES string of the molecule is CC1(C)O[C@H]2[C@@H](O1)C(O)(c1ccc3c(I)ncnn13)O[C@@H]2COC1CCCCO1. The second-order valence-corrected chi connectivity index (χ2v) is 9.09. The molecule has 0 saturated carbocycles. The van der Waals surface area contributed by atoms with Crippen LogP contribution in [0.1, 0.15) is 38.8 Å². The van der Waals surface area contributed by atoms with Gasteiger partial charge in [-0.1, -0.05) is 0 Å². The summed E-state index contributed by atoms with van der Waals surface area (Å²) < 4.78 is 32.3. The summed E-state index contributed by atoms with van der Waals surface area (Å²) in [6.45, 7) is 4.60. The van der Waals surface area contributed by atoms with Crippen molar-refractivity contribution in [3.05, 3.63) is 27.9 Å². The van der Waals surface area contributed by atoms with Gasteiger partial charge in [-0.05, 0) is 67.8 Å². The van der Waals surface area contributed by atoms with Crippen molar-refractivity contribution in [1.29, 1.82) is 0 Å². The molecule has 0 aromatic carbocycles. The molecule has 9 nitrogen and oxygen atoms in total. The van der Waals surface area contributed by atoms with Crippen LogP contribution in [0.15, 0.2) is 18.5 Å². The van der Waals surface area contributed by atoms with Crippen molar-refractivity contribution in [3.63, 3.8) is 0 Å². The Morgan fingerprint density at radius 2 is 2.14 bits per heavy atom. The van der Waals surface area contributed by atoms with Gasteiger partial charge in [0.05, 0.1) is 12.1 Å². The molecule has 5 heterocycles. The van der Waals surface area contributed by atoms with E-state index in [0.29, 0.717) is 12.3 Å². The lowest BCUT2D eigenvalue weighted by Gasteiger charge is -2.30. The van der Waals surface area contributed by atoms with Gasteiger partial charge in [-0.2, -0.15) is 5.10 Å². The molecule has 2 aromatic rings. The highest BCUT2D eigenvalue weighted by Crippen LogP contribution is 2.48. The zero-order valence-electron chi connectivity index (χ0n) is 16.3. The summed E-state index contributed by atoms with van der Waals surface area (Å²) in [5.74, 6) is -2.58. The summed E-state index contributed by atoms with van der Waals surface area (Å²) in [5, 5.41) is 16.0. The van der Waals surface area contributed by atoms with Gasteiger partial charge in [0.25, 0.3) is 0 Å². The van der Waals surface area contributed by atoms with Crippen molar-refractivity contribution < 1.29 is 28.8 Å². The van der Waals surface area contributed by atoms with E-state index in [1.807, 2.05) is 19.9 Å². The lowest BCUT2D eigenvalue weighted by Crippen LogP contribution is -2.41. The zero-order valence-corrected chi connectivity index (χ0v) is 18.4. The number of ether oxygens (including phenoxy) is 5. The van der Waals surface area contributed by atoms with E-state index in [4.69, 9.17) is 23.7 Å². The average Bonchev–Trinajstić information content (AvgIpc) is 3.34. The number of rotatable bonds is 4. The first-order valence-electron chi connectivity index (χ1n) is 9.85. The van der Waals surface area contributed by atoms with Crippen molar-refractivity contribution in [2.45, 2.75) is 69.3 Å². The smallest absolute Gasteiger partial charge is 0.240 e. The molecule has 3 fully saturated rings. The molecule has 3 saturated heterocycles. The van der Waals surface area contributed by atoms with E-state index in [2.05, 4.69) is 32.7 Å². The molecule has 1 N–H and O–H groups in total. The van der Waals surface area contributed by atoms with Gasteiger partial charge in [0.15, 0.2) is 12.1 Å². The molecule has 2 aromatic heterocycles. The molecule has 0 aliphatic carbocycles. The largest absolute Gasteiger partial charge is 0.359 e. The molecule has 5 rings (SSSR count). The number of hydrogen-bond acceptors (Lipinski definition) is 8. The Balaban J connectivity index is 1.45. The topological polar surface area (TPSA) is 96.6 Å². The van der Waals surface area contributed by atoms with Crippen LogP contribution in [-0.4, -0.2) is 63.3 Å². The van der Waals surface area contributed by atoms with Crippen LogP contribution in [0.3, 0.4) is 0 Å². The third-order valence-corrected chi connectivity index (χ3v) is 6.40. The van der Waals surface area contributed by atoms with Crippen LogP contribution in [0, 0.1) is 3.70 Å². The monoisotopic (exact) mass is 517 g/mol. The summed E-state index contributed by atoms with van der Waals surface area (Å²) in [6.07, 6.45) is 2.47. The molecule has 0 spiro atoms. The van der Waals surface area contributed by atoms with Crippen molar-refractivity contribution >= 4 is 28.1 Å². The van der Waals surface area contributed by atoms with Gasteiger partial charge in [-0.15, -0.1) is 0 Å². The lowest BCUT2D eigenvalue weighted by molar-refractivity contribution is -0.292. The van der Waals surface area contributed by atoms with Crippen LogP contribution >= 0.6 is 22.6 Å². The van der Waals surface area contributed by atoms with Crippen LogP contribution in [0.4, 0.5) is 0 Å². The van der Waals surface area contributed by atoms with E-state index in [-0.39, 0.29) is 12.9 Å². The van der Waals surface area contributed by atoms with Gasteiger partial charge in [0, 0.05) is 6.61 Å². The fourth-order valence-electron chi connectivity index (χ4n) is 4.28. The normalized spacial score (nSPS) is 36.6. The average molecular weight is 517 g/mol. The summed E-state index contributed by atoms with van der Waals surface area (Å²) >= 11 is 2.13. The number of hydrogen-bond donors (Lipinski definition) is 1. The highest BCUT2D eigenvalue weighted by molar-refractivity contribution is 14.1. The third kappa shape index (κ3) is 3.48. The highest BCUT2D eigenvalue weighted by Gasteiger charge is 2.64. The third-order valence-electron chi connectivity index (χ3n) is 5.57. The standard InChI is InChI=1S/C19H24IN3O6/c1-18(2)28-15-12(9-26-14-5-3-4-8-25-14)27-19(24,16(15)29-18)13-7-6-11-17(20)21-10-22-23(11)13/h6-7,10,12,14-16,24H,3-5,8-9H2,1-2H3/t12-,14?,15-,16-,19?/m1/s1. The Labute approximate surface area is 181 Å². The molecule has 2 unspecified atom stereocenters. The van der Waals surface area contributed by atoms with Crippen LogP contribution in [-0.2, 0) is 29.5 Å². The van der Waals surface area contributed by atoms with E-state index in [1.54, 1.807) is 10.6 Å². The molecule has 10 heteroatoms. The summed E-state index contributed by atoms with van der Waals surface area (Å²) in [7, 11) is 0. The van der Waals surface area contributed by atoms with Crippen molar-refractivity contribution in [3.8, 4) is 0 Å². The quantitative estimate of drug-likeness (QED) is 0.616. The van der Waals surface area contributed by atoms with Gasteiger partial charge >= 0.3 is 0 Å².